The monoisotopic (exact) mass is 176 g/mol. The smallest absolute Gasteiger partial charge is 0.0574 e. The summed E-state index contributed by atoms with van der Waals surface area (Å²) in [6, 6.07) is 0. The maximum atomic E-state index is 9.87. The molecule has 1 N–H and O–H groups in total. The summed E-state index contributed by atoms with van der Waals surface area (Å²) in [7, 11) is 0. The van der Waals surface area contributed by atoms with Crippen molar-refractivity contribution < 1.29 is 5.11 Å². The minimum Gasteiger partial charge on any atom is -0.393 e. The van der Waals surface area contributed by atoms with Gasteiger partial charge in [-0.1, -0.05) is 12.2 Å². The van der Waals surface area contributed by atoms with Crippen molar-refractivity contribution >= 4 is 0 Å². The second-order valence-corrected chi connectivity index (χ2v) is 5.57. The maximum absolute atomic E-state index is 9.87. The molecule has 0 aliphatic heterocycles. The van der Waals surface area contributed by atoms with E-state index in [2.05, 4.69) is 12.2 Å². The van der Waals surface area contributed by atoms with Gasteiger partial charge in [0.05, 0.1) is 6.10 Å². The van der Waals surface area contributed by atoms with Gasteiger partial charge in [-0.2, -0.15) is 0 Å². The van der Waals surface area contributed by atoms with E-state index in [1.165, 1.54) is 12.8 Å². The zero-order chi connectivity index (χ0) is 8.58. The van der Waals surface area contributed by atoms with Crippen LogP contribution >= 0.6 is 0 Å². The molecule has 0 spiro atoms. The highest BCUT2D eigenvalue weighted by molar-refractivity contribution is 5.20. The van der Waals surface area contributed by atoms with E-state index in [-0.39, 0.29) is 6.10 Å². The van der Waals surface area contributed by atoms with Gasteiger partial charge in [0.15, 0.2) is 0 Å². The van der Waals surface area contributed by atoms with Crippen molar-refractivity contribution in [1.82, 2.24) is 0 Å². The SMILES string of the molecule is O[C@@H]1C[C@H]2C[C@@H]1[C@H]1[C@@H]2[C@H]2C=C[C@@H]1C2. The zero-order valence-corrected chi connectivity index (χ0v) is 7.76. The molecule has 0 aromatic rings. The number of hydrogen-bond acceptors (Lipinski definition) is 1. The molecule has 4 rings (SSSR count). The first-order valence-electron chi connectivity index (χ1n) is 5.71. The van der Waals surface area contributed by atoms with Crippen LogP contribution < -0.4 is 0 Å². The fraction of sp³-hybridized carbons (Fsp3) is 0.833. The van der Waals surface area contributed by atoms with E-state index in [0.717, 1.165) is 36.0 Å². The Kier molecular flexibility index (Phi) is 1.10. The second-order valence-electron chi connectivity index (χ2n) is 5.57. The van der Waals surface area contributed by atoms with E-state index in [0.29, 0.717) is 5.92 Å². The van der Waals surface area contributed by atoms with Gasteiger partial charge in [0.2, 0.25) is 0 Å². The summed E-state index contributed by atoms with van der Waals surface area (Å²) in [4.78, 5) is 0. The normalized spacial score (nSPS) is 66.4. The molecule has 7 atom stereocenters. The van der Waals surface area contributed by atoms with Crippen LogP contribution in [0.4, 0.5) is 0 Å². The van der Waals surface area contributed by atoms with Crippen LogP contribution in [0.25, 0.3) is 0 Å². The van der Waals surface area contributed by atoms with Gasteiger partial charge in [-0.15, -0.1) is 0 Å². The Hall–Kier alpha value is -0.300. The lowest BCUT2D eigenvalue weighted by atomic mass is 9.72. The van der Waals surface area contributed by atoms with Gasteiger partial charge >= 0.3 is 0 Å². The molecule has 4 aliphatic carbocycles. The summed E-state index contributed by atoms with van der Waals surface area (Å²) >= 11 is 0. The Morgan fingerprint density at radius 1 is 0.923 bits per heavy atom. The van der Waals surface area contributed by atoms with Gasteiger partial charge in [0, 0.05) is 0 Å². The summed E-state index contributed by atoms with van der Waals surface area (Å²) in [6.07, 6.45) is 8.81. The maximum Gasteiger partial charge on any atom is 0.0574 e. The molecule has 13 heavy (non-hydrogen) atoms. The standard InChI is InChI=1S/C12H16O/c13-10-5-8-4-9(10)12-7-2-1-6(3-7)11(8)12/h1-2,6-13H,3-5H2/t6-,7+,8+,9-,10+,11+,12-/m0/s1. The van der Waals surface area contributed by atoms with E-state index in [4.69, 9.17) is 0 Å². The first-order chi connectivity index (χ1) is 6.34. The first kappa shape index (κ1) is 7.05. The van der Waals surface area contributed by atoms with E-state index < -0.39 is 0 Å². The number of aliphatic hydroxyl groups is 1. The third kappa shape index (κ3) is 0.665. The molecule has 70 valence electrons. The van der Waals surface area contributed by atoms with Crippen molar-refractivity contribution in [2.45, 2.75) is 25.4 Å². The highest BCUT2D eigenvalue weighted by atomic mass is 16.3. The van der Waals surface area contributed by atoms with Crippen LogP contribution in [0.2, 0.25) is 0 Å². The Balaban J connectivity index is 1.79. The van der Waals surface area contributed by atoms with E-state index in [1.807, 2.05) is 0 Å². The molecule has 3 fully saturated rings. The van der Waals surface area contributed by atoms with Gasteiger partial charge in [-0.3, -0.25) is 0 Å². The number of fused-ring (bicyclic) bond motifs is 9. The fourth-order valence-corrected chi connectivity index (χ4v) is 4.98. The summed E-state index contributed by atoms with van der Waals surface area (Å²) < 4.78 is 0. The highest BCUT2D eigenvalue weighted by Crippen LogP contribution is 2.65. The van der Waals surface area contributed by atoms with Crippen LogP contribution in [0, 0.1) is 35.5 Å². The Labute approximate surface area is 78.8 Å². The highest BCUT2D eigenvalue weighted by Gasteiger charge is 2.60. The zero-order valence-electron chi connectivity index (χ0n) is 7.76. The predicted octanol–water partition coefficient (Wildman–Crippen LogP) is 1.83. The molecule has 0 aromatic heterocycles. The topological polar surface area (TPSA) is 20.2 Å². The van der Waals surface area contributed by atoms with Crippen LogP contribution in [-0.2, 0) is 0 Å². The second kappa shape index (κ2) is 2.03. The van der Waals surface area contributed by atoms with Crippen molar-refractivity contribution in [2.24, 2.45) is 35.5 Å². The molecular weight excluding hydrogens is 160 g/mol. The fourth-order valence-electron chi connectivity index (χ4n) is 4.98. The van der Waals surface area contributed by atoms with Gasteiger partial charge in [0.1, 0.15) is 0 Å². The predicted molar refractivity (Wildman–Crippen MR) is 49.9 cm³/mol. The third-order valence-corrected chi connectivity index (χ3v) is 5.24. The number of allylic oxidation sites excluding steroid dienone is 2. The molecule has 4 bridgehead atoms. The number of hydrogen-bond donors (Lipinski definition) is 1. The van der Waals surface area contributed by atoms with Crippen LogP contribution in [0.1, 0.15) is 19.3 Å². The summed E-state index contributed by atoms with van der Waals surface area (Å²) in [5.74, 6) is 5.16. The molecule has 0 saturated heterocycles. The number of aliphatic hydroxyl groups excluding tert-OH is 1. The average molecular weight is 176 g/mol. The van der Waals surface area contributed by atoms with E-state index >= 15 is 0 Å². The van der Waals surface area contributed by atoms with E-state index in [9.17, 15) is 5.11 Å². The molecule has 0 radical (unpaired) electrons. The minimum atomic E-state index is 0.0546. The largest absolute Gasteiger partial charge is 0.393 e. The molecule has 0 unspecified atom stereocenters. The Morgan fingerprint density at radius 3 is 2.54 bits per heavy atom. The van der Waals surface area contributed by atoms with Crippen LogP contribution in [0.15, 0.2) is 12.2 Å². The van der Waals surface area contributed by atoms with Gasteiger partial charge < -0.3 is 5.11 Å². The van der Waals surface area contributed by atoms with Crippen LogP contribution in [-0.4, -0.2) is 11.2 Å². The lowest BCUT2D eigenvalue weighted by Crippen LogP contribution is -2.33. The van der Waals surface area contributed by atoms with Crippen molar-refractivity contribution in [3.05, 3.63) is 12.2 Å². The number of rotatable bonds is 0. The summed E-state index contributed by atoms with van der Waals surface area (Å²) in [5, 5.41) is 9.87. The van der Waals surface area contributed by atoms with Gasteiger partial charge in [-0.05, 0) is 54.8 Å². The Morgan fingerprint density at radius 2 is 1.69 bits per heavy atom. The Bertz CT molecular complexity index is 283. The van der Waals surface area contributed by atoms with Gasteiger partial charge in [-0.25, -0.2) is 0 Å². The molecule has 0 aromatic carbocycles. The van der Waals surface area contributed by atoms with Crippen molar-refractivity contribution in [1.29, 1.82) is 0 Å². The molecule has 0 heterocycles. The van der Waals surface area contributed by atoms with E-state index in [1.54, 1.807) is 0 Å². The molecule has 1 nitrogen and oxygen atoms in total. The van der Waals surface area contributed by atoms with Gasteiger partial charge in [0.25, 0.3) is 0 Å². The first-order valence-corrected chi connectivity index (χ1v) is 5.71. The molecule has 3 saturated carbocycles. The molecular formula is C12H16O. The lowest BCUT2D eigenvalue weighted by Gasteiger charge is -2.34. The van der Waals surface area contributed by atoms with Crippen molar-refractivity contribution in [3.63, 3.8) is 0 Å². The third-order valence-electron chi connectivity index (χ3n) is 5.24. The summed E-state index contributed by atoms with van der Waals surface area (Å²) in [6.45, 7) is 0. The summed E-state index contributed by atoms with van der Waals surface area (Å²) in [5.41, 5.74) is 0. The lowest BCUT2D eigenvalue weighted by molar-refractivity contribution is 0.0484. The minimum absolute atomic E-state index is 0.0546. The van der Waals surface area contributed by atoms with Crippen LogP contribution in [0.5, 0.6) is 0 Å². The van der Waals surface area contributed by atoms with Crippen molar-refractivity contribution in [3.8, 4) is 0 Å². The van der Waals surface area contributed by atoms with Crippen LogP contribution in [0.3, 0.4) is 0 Å². The quantitative estimate of drug-likeness (QED) is 0.441. The van der Waals surface area contributed by atoms with Crippen molar-refractivity contribution in [2.75, 3.05) is 0 Å². The molecule has 0 amide bonds. The average Bonchev–Trinajstić information content (AvgIpc) is 2.78. The molecule has 4 aliphatic rings. The molecule has 1 heteroatoms.